The number of hydrogen-bond acceptors (Lipinski definition) is 3. The summed E-state index contributed by atoms with van der Waals surface area (Å²) in [6, 6.07) is 3.10. The summed E-state index contributed by atoms with van der Waals surface area (Å²) < 4.78 is 1.49. The molecule has 0 spiro atoms. The fraction of sp³-hybridized carbons (Fsp3) is 0.600. The van der Waals surface area contributed by atoms with Crippen LogP contribution < -0.4 is 11.3 Å². The number of rotatable bonds is 4. The summed E-state index contributed by atoms with van der Waals surface area (Å²) in [4.78, 5) is 11.4. The largest absolute Gasteiger partial charge is 0.323 e. The average molecular weight is 195 g/mol. The van der Waals surface area contributed by atoms with Crippen LogP contribution in [0.3, 0.4) is 0 Å². The minimum absolute atomic E-state index is 0.0529. The Morgan fingerprint density at radius 1 is 1.57 bits per heavy atom. The second-order valence-electron chi connectivity index (χ2n) is 3.46. The predicted molar refractivity (Wildman–Crippen MR) is 56.0 cm³/mol. The molecular formula is C10H17N3O. The first-order valence-corrected chi connectivity index (χ1v) is 4.98. The summed E-state index contributed by atoms with van der Waals surface area (Å²) in [6.07, 6.45) is 2.02. The summed E-state index contributed by atoms with van der Waals surface area (Å²) in [7, 11) is 0. The lowest BCUT2D eigenvalue weighted by Crippen LogP contribution is -2.24. The highest BCUT2D eigenvalue weighted by atomic mass is 16.1. The lowest BCUT2D eigenvalue weighted by atomic mass is 10.2. The average Bonchev–Trinajstić information content (AvgIpc) is 2.16. The minimum Gasteiger partial charge on any atom is -0.323 e. The van der Waals surface area contributed by atoms with Crippen molar-refractivity contribution in [3.05, 3.63) is 28.2 Å². The van der Waals surface area contributed by atoms with E-state index in [1.165, 1.54) is 10.7 Å². The van der Waals surface area contributed by atoms with Gasteiger partial charge in [-0.15, -0.1) is 0 Å². The molecule has 1 aromatic heterocycles. The SMILES string of the molecule is CCCCn1nc(C(C)N)ccc1=O. The van der Waals surface area contributed by atoms with E-state index in [1.807, 2.05) is 6.92 Å². The molecule has 0 aliphatic heterocycles. The number of nitrogens with zero attached hydrogens (tertiary/aromatic N) is 2. The van der Waals surface area contributed by atoms with Gasteiger partial charge in [0.2, 0.25) is 0 Å². The van der Waals surface area contributed by atoms with E-state index in [-0.39, 0.29) is 11.6 Å². The van der Waals surface area contributed by atoms with E-state index >= 15 is 0 Å². The Balaban J connectivity index is 2.91. The van der Waals surface area contributed by atoms with Gasteiger partial charge in [0.15, 0.2) is 0 Å². The monoisotopic (exact) mass is 195 g/mol. The lowest BCUT2D eigenvalue weighted by molar-refractivity contribution is 0.524. The summed E-state index contributed by atoms with van der Waals surface area (Å²) in [6.45, 7) is 4.62. The topological polar surface area (TPSA) is 60.9 Å². The van der Waals surface area contributed by atoms with Crippen LogP contribution in [0.1, 0.15) is 38.4 Å². The van der Waals surface area contributed by atoms with Gasteiger partial charge in [0.25, 0.3) is 5.56 Å². The normalized spacial score (nSPS) is 12.8. The molecule has 78 valence electrons. The highest BCUT2D eigenvalue weighted by molar-refractivity contribution is 5.04. The number of hydrogen-bond donors (Lipinski definition) is 1. The van der Waals surface area contributed by atoms with Crippen molar-refractivity contribution < 1.29 is 0 Å². The number of aryl methyl sites for hydroxylation is 1. The fourth-order valence-electron chi connectivity index (χ4n) is 1.18. The zero-order valence-electron chi connectivity index (χ0n) is 8.73. The molecule has 1 rings (SSSR count). The van der Waals surface area contributed by atoms with Crippen molar-refractivity contribution in [2.75, 3.05) is 0 Å². The Morgan fingerprint density at radius 3 is 2.86 bits per heavy atom. The molecule has 0 amide bonds. The number of unbranched alkanes of at least 4 members (excludes halogenated alkanes) is 1. The molecule has 0 radical (unpaired) electrons. The van der Waals surface area contributed by atoms with Crippen LogP contribution >= 0.6 is 0 Å². The fourth-order valence-corrected chi connectivity index (χ4v) is 1.18. The quantitative estimate of drug-likeness (QED) is 0.781. The Hall–Kier alpha value is -1.16. The zero-order chi connectivity index (χ0) is 10.6. The van der Waals surface area contributed by atoms with Crippen molar-refractivity contribution in [2.45, 2.75) is 39.3 Å². The van der Waals surface area contributed by atoms with Crippen LogP contribution in [0.15, 0.2) is 16.9 Å². The van der Waals surface area contributed by atoms with Crippen molar-refractivity contribution in [3.8, 4) is 0 Å². The van der Waals surface area contributed by atoms with Gasteiger partial charge in [-0.2, -0.15) is 5.10 Å². The molecule has 0 aromatic carbocycles. The van der Waals surface area contributed by atoms with Gasteiger partial charge >= 0.3 is 0 Å². The van der Waals surface area contributed by atoms with Crippen LogP contribution in [0.5, 0.6) is 0 Å². The third-order valence-corrected chi connectivity index (χ3v) is 2.08. The molecule has 1 aromatic rings. The first kappa shape index (κ1) is 10.9. The van der Waals surface area contributed by atoms with Crippen LogP contribution in [0, 0.1) is 0 Å². The first-order valence-electron chi connectivity index (χ1n) is 4.98. The van der Waals surface area contributed by atoms with Crippen LogP contribution in [-0.2, 0) is 6.54 Å². The van der Waals surface area contributed by atoms with Gasteiger partial charge in [0.05, 0.1) is 5.69 Å². The second-order valence-corrected chi connectivity index (χ2v) is 3.46. The van der Waals surface area contributed by atoms with Crippen LogP contribution in [-0.4, -0.2) is 9.78 Å². The molecule has 0 saturated heterocycles. The van der Waals surface area contributed by atoms with Crippen molar-refractivity contribution in [3.63, 3.8) is 0 Å². The maximum atomic E-state index is 11.4. The summed E-state index contributed by atoms with van der Waals surface area (Å²) in [5, 5.41) is 4.19. The van der Waals surface area contributed by atoms with Crippen LogP contribution in [0.25, 0.3) is 0 Å². The molecule has 4 heteroatoms. The summed E-state index contributed by atoms with van der Waals surface area (Å²) in [5.41, 5.74) is 6.40. The molecule has 1 heterocycles. The Labute approximate surface area is 83.7 Å². The molecule has 0 saturated carbocycles. The van der Waals surface area contributed by atoms with E-state index in [0.29, 0.717) is 6.54 Å². The highest BCUT2D eigenvalue weighted by Crippen LogP contribution is 2.02. The Morgan fingerprint density at radius 2 is 2.29 bits per heavy atom. The molecule has 1 unspecified atom stereocenters. The van der Waals surface area contributed by atoms with Gasteiger partial charge in [-0.25, -0.2) is 4.68 Å². The zero-order valence-corrected chi connectivity index (χ0v) is 8.73. The number of aromatic nitrogens is 2. The van der Waals surface area contributed by atoms with Crippen molar-refractivity contribution in [1.82, 2.24) is 9.78 Å². The van der Waals surface area contributed by atoms with Gasteiger partial charge < -0.3 is 5.73 Å². The van der Waals surface area contributed by atoms with E-state index in [0.717, 1.165) is 18.5 Å². The molecular weight excluding hydrogens is 178 g/mol. The van der Waals surface area contributed by atoms with Crippen molar-refractivity contribution >= 4 is 0 Å². The molecule has 0 bridgehead atoms. The van der Waals surface area contributed by atoms with Gasteiger partial charge in [0, 0.05) is 18.7 Å². The van der Waals surface area contributed by atoms with E-state index < -0.39 is 0 Å². The first-order chi connectivity index (χ1) is 6.65. The number of nitrogens with two attached hydrogens (primary N) is 1. The van der Waals surface area contributed by atoms with Crippen molar-refractivity contribution in [2.24, 2.45) is 5.73 Å². The third kappa shape index (κ3) is 2.67. The molecule has 0 fully saturated rings. The van der Waals surface area contributed by atoms with Gasteiger partial charge in [-0.05, 0) is 19.4 Å². The Kier molecular flexibility index (Phi) is 3.83. The van der Waals surface area contributed by atoms with Gasteiger partial charge in [-0.3, -0.25) is 4.79 Å². The summed E-state index contributed by atoms with van der Waals surface area (Å²) in [5.74, 6) is 0. The van der Waals surface area contributed by atoms with Crippen LogP contribution in [0.2, 0.25) is 0 Å². The smallest absolute Gasteiger partial charge is 0.266 e. The van der Waals surface area contributed by atoms with Crippen LogP contribution in [0.4, 0.5) is 0 Å². The maximum Gasteiger partial charge on any atom is 0.266 e. The lowest BCUT2D eigenvalue weighted by Gasteiger charge is -2.08. The molecule has 4 nitrogen and oxygen atoms in total. The second kappa shape index (κ2) is 4.91. The molecule has 0 aliphatic rings. The maximum absolute atomic E-state index is 11.4. The Bertz CT molecular complexity index is 343. The highest BCUT2D eigenvalue weighted by Gasteiger charge is 2.03. The summed E-state index contributed by atoms with van der Waals surface area (Å²) >= 11 is 0. The predicted octanol–water partition coefficient (Wildman–Crippen LogP) is 1.06. The third-order valence-electron chi connectivity index (χ3n) is 2.08. The van der Waals surface area contributed by atoms with E-state index in [2.05, 4.69) is 12.0 Å². The molecule has 0 aliphatic carbocycles. The van der Waals surface area contributed by atoms with E-state index in [4.69, 9.17) is 5.73 Å². The standard InChI is InChI=1S/C10H17N3O/c1-3-4-7-13-10(14)6-5-9(12-13)8(2)11/h5-6,8H,3-4,7,11H2,1-2H3. The van der Waals surface area contributed by atoms with Gasteiger partial charge in [0.1, 0.15) is 0 Å². The minimum atomic E-state index is -0.122. The molecule has 14 heavy (non-hydrogen) atoms. The molecule has 1 atom stereocenters. The van der Waals surface area contributed by atoms with E-state index in [1.54, 1.807) is 6.07 Å². The van der Waals surface area contributed by atoms with E-state index in [9.17, 15) is 4.79 Å². The van der Waals surface area contributed by atoms with Gasteiger partial charge in [-0.1, -0.05) is 13.3 Å². The van der Waals surface area contributed by atoms with Crippen molar-refractivity contribution in [1.29, 1.82) is 0 Å². The molecule has 2 N–H and O–H groups in total.